The summed E-state index contributed by atoms with van der Waals surface area (Å²) in [4.78, 5) is 28.7. The molecule has 2 fully saturated rings. The van der Waals surface area contributed by atoms with Gasteiger partial charge in [0.05, 0.1) is 0 Å². The molecule has 0 N–H and O–H groups in total. The summed E-state index contributed by atoms with van der Waals surface area (Å²) < 4.78 is 0. The van der Waals surface area contributed by atoms with Crippen LogP contribution in [0.5, 0.6) is 0 Å². The van der Waals surface area contributed by atoms with E-state index in [9.17, 15) is 9.59 Å². The smallest absolute Gasteiger partial charge is 0.245 e. The number of carbonyl (C=O) groups is 2. The van der Waals surface area contributed by atoms with Gasteiger partial charge in [-0.1, -0.05) is 49.6 Å². The Labute approximate surface area is 138 Å². The lowest BCUT2D eigenvalue weighted by molar-refractivity contribution is -0.156. The van der Waals surface area contributed by atoms with Crippen LogP contribution in [0.2, 0.25) is 0 Å². The fourth-order valence-corrected chi connectivity index (χ4v) is 3.79. The van der Waals surface area contributed by atoms with Crippen molar-refractivity contribution < 1.29 is 9.59 Å². The molecule has 4 heteroatoms. The molecule has 4 nitrogen and oxygen atoms in total. The molecule has 0 aromatic heterocycles. The van der Waals surface area contributed by atoms with E-state index in [1.165, 1.54) is 32.1 Å². The SMILES string of the molecule is C[C@H]1C(=O)N(Cc2ccccc2)CC(=O)N1CC1CCCCC1. The van der Waals surface area contributed by atoms with Gasteiger partial charge in [0.25, 0.3) is 0 Å². The van der Waals surface area contributed by atoms with Crippen molar-refractivity contribution in [2.75, 3.05) is 13.1 Å². The Kier molecular flexibility index (Phi) is 4.99. The topological polar surface area (TPSA) is 40.6 Å². The van der Waals surface area contributed by atoms with Crippen LogP contribution < -0.4 is 0 Å². The molecule has 1 aromatic carbocycles. The first-order valence-corrected chi connectivity index (χ1v) is 8.77. The largest absolute Gasteiger partial charge is 0.329 e. The molecule has 3 rings (SSSR count). The van der Waals surface area contributed by atoms with Crippen LogP contribution in [0.3, 0.4) is 0 Å². The average molecular weight is 314 g/mol. The number of hydrogen-bond acceptors (Lipinski definition) is 2. The van der Waals surface area contributed by atoms with Crippen LogP contribution in [-0.4, -0.2) is 40.7 Å². The van der Waals surface area contributed by atoms with Crippen molar-refractivity contribution in [1.29, 1.82) is 0 Å². The van der Waals surface area contributed by atoms with Crippen LogP contribution in [0.15, 0.2) is 30.3 Å². The zero-order valence-electron chi connectivity index (χ0n) is 13.9. The minimum atomic E-state index is -0.332. The Morgan fingerprint density at radius 1 is 1.04 bits per heavy atom. The number of rotatable bonds is 4. The second kappa shape index (κ2) is 7.16. The van der Waals surface area contributed by atoms with E-state index in [-0.39, 0.29) is 24.4 Å². The zero-order chi connectivity index (χ0) is 16.2. The van der Waals surface area contributed by atoms with Crippen molar-refractivity contribution in [3.05, 3.63) is 35.9 Å². The Balaban J connectivity index is 1.64. The highest BCUT2D eigenvalue weighted by Gasteiger charge is 2.37. The maximum atomic E-state index is 12.7. The van der Waals surface area contributed by atoms with Crippen molar-refractivity contribution >= 4 is 11.8 Å². The quantitative estimate of drug-likeness (QED) is 0.857. The lowest BCUT2D eigenvalue weighted by Gasteiger charge is -2.40. The van der Waals surface area contributed by atoms with Gasteiger partial charge in [0.15, 0.2) is 0 Å². The number of piperazine rings is 1. The number of amides is 2. The van der Waals surface area contributed by atoms with E-state index >= 15 is 0 Å². The van der Waals surface area contributed by atoms with Crippen LogP contribution in [0, 0.1) is 5.92 Å². The molecule has 0 spiro atoms. The maximum absolute atomic E-state index is 12.7. The molecule has 124 valence electrons. The first kappa shape index (κ1) is 16.0. The third kappa shape index (κ3) is 3.74. The molecule has 0 unspecified atom stereocenters. The molecular formula is C19H26N2O2. The maximum Gasteiger partial charge on any atom is 0.245 e. The van der Waals surface area contributed by atoms with Gasteiger partial charge in [0.1, 0.15) is 12.6 Å². The van der Waals surface area contributed by atoms with E-state index < -0.39 is 0 Å². The van der Waals surface area contributed by atoms with Crippen LogP contribution in [0.25, 0.3) is 0 Å². The lowest BCUT2D eigenvalue weighted by atomic mass is 9.88. The van der Waals surface area contributed by atoms with Crippen LogP contribution >= 0.6 is 0 Å². The van der Waals surface area contributed by atoms with Crippen LogP contribution in [0.4, 0.5) is 0 Å². The summed E-state index contributed by atoms with van der Waals surface area (Å²) in [7, 11) is 0. The predicted molar refractivity (Wildman–Crippen MR) is 89.6 cm³/mol. The van der Waals surface area contributed by atoms with Crippen molar-refractivity contribution in [1.82, 2.24) is 9.80 Å². The number of hydrogen-bond donors (Lipinski definition) is 0. The second-order valence-corrected chi connectivity index (χ2v) is 6.91. The molecule has 1 aliphatic heterocycles. The van der Waals surface area contributed by atoms with Crippen molar-refractivity contribution in [3.63, 3.8) is 0 Å². The monoisotopic (exact) mass is 314 g/mol. The average Bonchev–Trinajstić information content (AvgIpc) is 2.58. The molecule has 2 aliphatic rings. The van der Waals surface area contributed by atoms with Crippen molar-refractivity contribution in [3.8, 4) is 0 Å². The summed E-state index contributed by atoms with van der Waals surface area (Å²) in [5, 5.41) is 0. The summed E-state index contributed by atoms with van der Waals surface area (Å²) in [6, 6.07) is 9.55. The van der Waals surface area contributed by atoms with Gasteiger partial charge in [-0.2, -0.15) is 0 Å². The van der Waals surface area contributed by atoms with E-state index in [1.807, 2.05) is 42.2 Å². The Morgan fingerprint density at radius 2 is 1.74 bits per heavy atom. The highest BCUT2D eigenvalue weighted by molar-refractivity contribution is 5.94. The zero-order valence-corrected chi connectivity index (χ0v) is 13.9. The number of nitrogens with zero attached hydrogens (tertiary/aromatic N) is 2. The summed E-state index contributed by atoms with van der Waals surface area (Å²) in [5.41, 5.74) is 1.07. The Hall–Kier alpha value is -1.84. The van der Waals surface area contributed by atoms with Gasteiger partial charge in [-0.25, -0.2) is 0 Å². The third-order valence-electron chi connectivity index (χ3n) is 5.18. The third-order valence-corrected chi connectivity index (χ3v) is 5.18. The molecule has 0 radical (unpaired) electrons. The van der Waals surface area contributed by atoms with E-state index in [0.717, 1.165) is 12.1 Å². The van der Waals surface area contributed by atoms with E-state index in [1.54, 1.807) is 4.90 Å². The van der Waals surface area contributed by atoms with Crippen LogP contribution in [-0.2, 0) is 16.1 Å². The summed E-state index contributed by atoms with van der Waals surface area (Å²) in [6.45, 7) is 3.36. The highest BCUT2D eigenvalue weighted by atomic mass is 16.2. The van der Waals surface area contributed by atoms with Crippen LogP contribution in [0.1, 0.15) is 44.6 Å². The highest BCUT2D eigenvalue weighted by Crippen LogP contribution is 2.26. The summed E-state index contributed by atoms with van der Waals surface area (Å²) in [5.74, 6) is 0.742. The van der Waals surface area contributed by atoms with E-state index in [2.05, 4.69) is 0 Å². The summed E-state index contributed by atoms with van der Waals surface area (Å²) >= 11 is 0. The van der Waals surface area contributed by atoms with Gasteiger partial charge in [-0.15, -0.1) is 0 Å². The first-order valence-electron chi connectivity index (χ1n) is 8.77. The molecule has 1 aliphatic carbocycles. The second-order valence-electron chi connectivity index (χ2n) is 6.91. The van der Waals surface area contributed by atoms with Gasteiger partial charge in [0.2, 0.25) is 11.8 Å². The lowest BCUT2D eigenvalue weighted by Crippen LogP contribution is -2.59. The Bertz CT molecular complexity index is 552. The van der Waals surface area contributed by atoms with E-state index in [4.69, 9.17) is 0 Å². The normalized spacial score (nSPS) is 23.4. The number of carbonyl (C=O) groups excluding carboxylic acids is 2. The summed E-state index contributed by atoms with van der Waals surface area (Å²) in [6.07, 6.45) is 6.21. The van der Waals surface area contributed by atoms with E-state index in [0.29, 0.717) is 12.5 Å². The van der Waals surface area contributed by atoms with Gasteiger partial charge < -0.3 is 9.80 Å². The molecule has 1 heterocycles. The molecule has 1 saturated carbocycles. The predicted octanol–water partition coefficient (Wildman–Crippen LogP) is 2.83. The number of benzene rings is 1. The fraction of sp³-hybridized carbons (Fsp3) is 0.579. The molecule has 2 amide bonds. The van der Waals surface area contributed by atoms with Gasteiger partial charge >= 0.3 is 0 Å². The Morgan fingerprint density at radius 3 is 2.43 bits per heavy atom. The van der Waals surface area contributed by atoms with Gasteiger partial charge in [-0.05, 0) is 31.2 Å². The fourth-order valence-electron chi connectivity index (χ4n) is 3.79. The molecule has 0 bridgehead atoms. The molecule has 1 saturated heterocycles. The molecule has 1 atom stereocenters. The molecule has 23 heavy (non-hydrogen) atoms. The minimum absolute atomic E-state index is 0.0734. The van der Waals surface area contributed by atoms with Crippen molar-refractivity contribution in [2.45, 2.75) is 51.6 Å². The van der Waals surface area contributed by atoms with Gasteiger partial charge in [0, 0.05) is 13.1 Å². The minimum Gasteiger partial charge on any atom is -0.329 e. The van der Waals surface area contributed by atoms with Crippen molar-refractivity contribution in [2.24, 2.45) is 5.92 Å². The first-order chi connectivity index (χ1) is 11.1. The van der Waals surface area contributed by atoms with Gasteiger partial charge in [-0.3, -0.25) is 9.59 Å². The molecule has 1 aromatic rings. The molecular weight excluding hydrogens is 288 g/mol. The standard InChI is InChI=1S/C19H26N2O2/c1-15-19(23)20(12-16-8-4-2-5-9-16)14-18(22)21(15)13-17-10-6-3-7-11-17/h2,4-5,8-9,15,17H,3,6-7,10-14H2,1H3/t15-/m0/s1.